The number of nitro groups is 1. The minimum absolute atomic E-state index is 0.000903. The Labute approximate surface area is 121 Å². The summed E-state index contributed by atoms with van der Waals surface area (Å²) in [7, 11) is 0. The second kappa shape index (κ2) is 6.43. The van der Waals surface area contributed by atoms with Crippen molar-refractivity contribution >= 4 is 5.69 Å². The van der Waals surface area contributed by atoms with Gasteiger partial charge in [0.2, 0.25) is 0 Å². The molecule has 112 valence electrons. The molecular weight excluding hydrogens is 275 g/mol. The number of halogens is 1. The van der Waals surface area contributed by atoms with Gasteiger partial charge in [-0.1, -0.05) is 25.5 Å². The predicted octanol–water partition coefficient (Wildman–Crippen LogP) is 3.62. The van der Waals surface area contributed by atoms with Gasteiger partial charge in [-0.3, -0.25) is 10.1 Å². The normalized spacial score (nSPS) is 13.9. The first-order valence-electron chi connectivity index (χ1n) is 6.84. The third-order valence-electron chi connectivity index (χ3n) is 3.36. The van der Waals surface area contributed by atoms with Crippen molar-refractivity contribution in [1.29, 1.82) is 0 Å². The predicted molar refractivity (Wildman–Crippen MR) is 75.9 cm³/mol. The van der Waals surface area contributed by atoms with Gasteiger partial charge in [-0.15, -0.1) is 5.10 Å². The van der Waals surface area contributed by atoms with Crippen LogP contribution in [0.1, 0.15) is 38.6 Å². The Morgan fingerprint density at radius 3 is 2.62 bits per heavy atom. The van der Waals surface area contributed by atoms with Crippen molar-refractivity contribution in [3.05, 3.63) is 46.3 Å². The van der Waals surface area contributed by atoms with Crippen LogP contribution in [-0.4, -0.2) is 19.9 Å². The summed E-state index contributed by atoms with van der Waals surface area (Å²) in [6.07, 6.45) is 2.07. The Bertz CT molecular complexity index is 612. The molecule has 2 aromatic rings. The van der Waals surface area contributed by atoms with Gasteiger partial charge in [-0.2, -0.15) is 0 Å². The quantitative estimate of drug-likeness (QED) is 0.602. The minimum Gasteiger partial charge on any atom is -0.258 e. The van der Waals surface area contributed by atoms with Crippen molar-refractivity contribution in [3.63, 3.8) is 0 Å². The summed E-state index contributed by atoms with van der Waals surface area (Å²) in [5, 5.41) is 18.3. The number of nitro benzene ring substituents is 1. The van der Waals surface area contributed by atoms with Crippen LogP contribution in [0.15, 0.2) is 30.5 Å². The Morgan fingerprint density at radius 2 is 2.05 bits per heavy atom. The van der Waals surface area contributed by atoms with Gasteiger partial charge >= 0.3 is 0 Å². The Kier molecular flexibility index (Phi) is 4.62. The fourth-order valence-electron chi connectivity index (χ4n) is 2.15. The summed E-state index contributed by atoms with van der Waals surface area (Å²) in [6.45, 7) is 3.86. The zero-order valence-electron chi connectivity index (χ0n) is 11.9. The molecule has 2 rings (SSSR count). The van der Waals surface area contributed by atoms with E-state index in [1.165, 1.54) is 23.0 Å². The van der Waals surface area contributed by atoms with Crippen molar-refractivity contribution in [2.75, 3.05) is 0 Å². The third-order valence-corrected chi connectivity index (χ3v) is 3.36. The maximum absolute atomic E-state index is 14.2. The lowest BCUT2D eigenvalue weighted by Gasteiger charge is -2.12. The van der Waals surface area contributed by atoms with E-state index >= 15 is 0 Å². The fourth-order valence-corrected chi connectivity index (χ4v) is 2.15. The average Bonchev–Trinajstić information content (AvgIpc) is 2.96. The first kappa shape index (κ1) is 15.1. The van der Waals surface area contributed by atoms with Gasteiger partial charge in [0.1, 0.15) is 11.9 Å². The first-order valence-corrected chi connectivity index (χ1v) is 6.84. The lowest BCUT2D eigenvalue weighted by atomic mass is 9.99. The highest BCUT2D eigenvalue weighted by molar-refractivity contribution is 5.40. The molecule has 0 fully saturated rings. The molecule has 0 radical (unpaired) electrons. The molecule has 0 aliphatic heterocycles. The molecule has 7 heteroatoms. The molecule has 1 aromatic carbocycles. The second-order valence-corrected chi connectivity index (χ2v) is 5.03. The van der Waals surface area contributed by atoms with Crippen LogP contribution in [0.4, 0.5) is 10.1 Å². The van der Waals surface area contributed by atoms with Crippen molar-refractivity contribution in [1.82, 2.24) is 15.0 Å². The van der Waals surface area contributed by atoms with E-state index in [4.69, 9.17) is 0 Å². The summed E-state index contributed by atoms with van der Waals surface area (Å²) in [5.41, 5.74) is 0.892. The summed E-state index contributed by atoms with van der Waals surface area (Å²) < 4.78 is 15.6. The minimum atomic E-state index is -1.16. The molecule has 0 bridgehead atoms. The monoisotopic (exact) mass is 292 g/mol. The van der Waals surface area contributed by atoms with Crippen molar-refractivity contribution in [2.24, 2.45) is 5.92 Å². The highest BCUT2D eigenvalue weighted by atomic mass is 19.1. The van der Waals surface area contributed by atoms with Crippen LogP contribution in [0.25, 0.3) is 5.69 Å². The van der Waals surface area contributed by atoms with E-state index in [-0.39, 0.29) is 17.3 Å². The van der Waals surface area contributed by atoms with Gasteiger partial charge in [-0.25, -0.2) is 9.07 Å². The standard InChI is InChI=1S/C14H17FN4O2/c1-3-4-10(2)14(15)13-9-18(17-16-13)11-5-7-12(8-6-11)19(20)21/h5-10,14H,3-4H2,1-2H3. The number of hydrogen-bond acceptors (Lipinski definition) is 4. The Balaban J connectivity index is 2.17. The van der Waals surface area contributed by atoms with Gasteiger partial charge in [0, 0.05) is 12.1 Å². The number of hydrogen-bond donors (Lipinski definition) is 0. The first-order chi connectivity index (χ1) is 10.0. The van der Waals surface area contributed by atoms with Gasteiger partial charge in [0.05, 0.1) is 16.8 Å². The fraction of sp³-hybridized carbons (Fsp3) is 0.429. The van der Waals surface area contributed by atoms with Crippen LogP contribution in [0, 0.1) is 16.0 Å². The molecule has 6 nitrogen and oxygen atoms in total. The van der Waals surface area contributed by atoms with Crippen LogP contribution < -0.4 is 0 Å². The molecule has 2 atom stereocenters. The molecule has 0 saturated heterocycles. The van der Waals surface area contributed by atoms with Crippen LogP contribution in [0.5, 0.6) is 0 Å². The summed E-state index contributed by atoms with van der Waals surface area (Å²) in [5.74, 6) is -0.114. The Hall–Kier alpha value is -2.31. The van der Waals surface area contributed by atoms with Crippen molar-refractivity contribution < 1.29 is 9.31 Å². The van der Waals surface area contributed by atoms with E-state index in [0.717, 1.165) is 12.8 Å². The zero-order chi connectivity index (χ0) is 15.4. The number of benzene rings is 1. The summed E-state index contributed by atoms with van der Waals surface area (Å²) >= 11 is 0. The van der Waals surface area contributed by atoms with E-state index in [1.54, 1.807) is 12.1 Å². The van der Waals surface area contributed by atoms with Gasteiger partial charge < -0.3 is 0 Å². The van der Waals surface area contributed by atoms with Crippen LogP contribution in [0.2, 0.25) is 0 Å². The third kappa shape index (κ3) is 3.42. The molecule has 2 unspecified atom stereocenters. The summed E-state index contributed by atoms with van der Waals surface area (Å²) in [4.78, 5) is 10.1. The topological polar surface area (TPSA) is 73.8 Å². The molecule has 0 N–H and O–H groups in total. The molecule has 0 saturated carbocycles. The van der Waals surface area contributed by atoms with Crippen LogP contribution >= 0.6 is 0 Å². The highest BCUT2D eigenvalue weighted by Gasteiger charge is 2.21. The number of non-ortho nitro benzene ring substituents is 1. The average molecular weight is 292 g/mol. The number of aromatic nitrogens is 3. The molecule has 0 spiro atoms. The van der Waals surface area contributed by atoms with Crippen molar-refractivity contribution in [2.45, 2.75) is 32.9 Å². The van der Waals surface area contributed by atoms with E-state index in [2.05, 4.69) is 10.3 Å². The number of nitrogens with zero attached hydrogens (tertiary/aromatic N) is 4. The molecule has 0 amide bonds. The zero-order valence-corrected chi connectivity index (χ0v) is 11.9. The number of rotatable bonds is 6. The van der Waals surface area contributed by atoms with Crippen LogP contribution in [-0.2, 0) is 0 Å². The largest absolute Gasteiger partial charge is 0.269 e. The van der Waals surface area contributed by atoms with Crippen LogP contribution in [0.3, 0.4) is 0 Å². The highest BCUT2D eigenvalue weighted by Crippen LogP contribution is 2.28. The summed E-state index contributed by atoms with van der Waals surface area (Å²) in [6, 6.07) is 5.87. The van der Waals surface area contributed by atoms with Gasteiger partial charge in [0.25, 0.3) is 5.69 Å². The maximum Gasteiger partial charge on any atom is 0.269 e. The molecule has 21 heavy (non-hydrogen) atoms. The van der Waals surface area contributed by atoms with E-state index in [9.17, 15) is 14.5 Å². The van der Waals surface area contributed by atoms with Gasteiger partial charge in [0.15, 0.2) is 0 Å². The smallest absolute Gasteiger partial charge is 0.258 e. The molecular formula is C14H17FN4O2. The van der Waals surface area contributed by atoms with Gasteiger partial charge in [-0.05, 0) is 24.5 Å². The lowest BCUT2D eigenvalue weighted by molar-refractivity contribution is -0.384. The number of alkyl halides is 1. The molecule has 1 aromatic heterocycles. The van der Waals surface area contributed by atoms with Crippen molar-refractivity contribution in [3.8, 4) is 5.69 Å². The maximum atomic E-state index is 14.2. The lowest BCUT2D eigenvalue weighted by Crippen LogP contribution is -2.05. The van der Waals surface area contributed by atoms with E-state index in [0.29, 0.717) is 5.69 Å². The van der Waals surface area contributed by atoms with E-state index < -0.39 is 11.1 Å². The second-order valence-electron chi connectivity index (χ2n) is 5.03. The molecule has 1 heterocycles. The Morgan fingerprint density at radius 1 is 1.38 bits per heavy atom. The molecule has 0 aliphatic carbocycles. The van der Waals surface area contributed by atoms with E-state index in [1.807, 2.05) is 13.8 Å². The molecule has 0 aliphatic rings. The SMILES string of the molecule is CCCC(C)C(F)c1cn(-c2ccc([N+](=O)[O-])cc2)nn1.